The second-order valence-corrected chi connectivity index (χ2v) is 28.0. The van der Waals surface area contributed by atoms with Crippen LogP contribution in [0, 0.1) is 20.8 Å². The number of hydrogen-bond acceptors (Lipinski definition) is 35. The minimum Gasteiger partial charge on any atom is -0.394 e. The highest BCUT2D eigenvalue weighted by Crippen LogP contribution is 2.55. The van der Waals surface area contributed by atoms with Crippen LogP contribution < -0.4 is 45.6 Å². The molecule has 98 heavy (non-hydrogen) atoms. The SMILES string of the molecule is COCCO[C@H]1C[C@@H](COP(=O)(O)OC2[C@@H](COP(=O)(O)OC3[C@@H](COP(O)(=S)OC4[C@@H](CO)O[C@@H](n5cnc6c(=O)[nH]c(N)nc65)[C@H]4OCCOC)O[C@@H](n4cc(C)c(N)nc4=O)[C@H]3OCCOC)O[C@@H](n3cc(C)c(N)nc3=O)[C@H]2OCCOC)O[C@H]1n1cc(C)c(N)nc1=O. The van der Waals surface area contributed by atoms with Crippen molar-refractivity contribution in [3.63, 3.8) is 0 Å². The summed E-state index contributed by atoms with van der Waals surface area (Å²) in [6.45, 7) is -4.17. The van der Waals surface area contributed by atoms with Crippen molar-refractivity contribution >= 4 is 68.7 Å². The topological polar surface area (TPSA) is 554 Å². The zero-order valence-corrected chi connectivity index (χ0v) is 57.3. The predicted molar refractivity (Wildman–Crippen MR) is 338 cm³/mol. The zero-order valence-electron chi connectivity index (χ0n) is 53.8. The Morgan fingerprint density at radius 3 is 1.41 bits per heavy atom. The number of anilines is 4. The number of aliphatic hydroxyl groups excluding tert-OH is 1. The van der Waals surface area contributed by atoms with Gasteiger partial charge in [-0.15, -0.1) is 0 Å². The molecule has 0 aromatic carbocycles. The van der Waals surface area contributed by atoms with Crippen LogP contribution in [0.5, 0.6) is 0 Å². The molecule has 13 N–H and O–H groups in total. The van der Waals surface area contributed by atoms with Gasteiger partial charge in [-0.3, -0.25) is 50.7 Å². The molecule has 9 heterocycles. The Kier molecular flexibility index (Phi) is 26.2. The summed E-state index contributed by atoms with van der Waals surface area (Å²) < 4.78 is 139. The molecule has 5 aromatic rings. The quantitative estimate of drug-likeness (QED) is 0.0153. The number of aromatic nitrogens is 10. The van der Waals surface area contributed by atoms with Crippen molar-refractivity contribution in [2.75, 3.05) is 131 Å². The van der Waals surface area contributed by atoms with Crippen LogP contribution in [0.15, 0.2) is 44.1 Å². The fraction of sp³-hybridized carbons (Fsp3) is 0.673. The number of aryl methyl sites for hydroxylation is 3. The Hall–Kier alpha value is -5.58. The first-order chi connectivity index (χ1) is 46.6. The molecule has 46 heteroatoms. The molecular formula is C52H79N14O28P3S. The van der Waals surface area contributed by atoms with Crippen LogP contribution >= 0.6 is 22.4 Å². The van der Waals surface area contributed by atoms with Gasteiger partial charge < -0.3 is 104 Å². The number of aliphatic hydroxyl groups is 1. The number of methoxy groups -OCH3 is 4. The average molecular weight is 1470 g/mol. The van der Waals surface area contributed by atoms with E-state index in [-0.39, 0.29) is 105 Å². The maximum atomic E-state index is 14.8. The summed E-state index contributed by atoms with van der Waals surface area (Å²) in [6.07, 6.45) is -17.1. The van der Waals surface area contributed by atoms with Crippen molar-refractivity contribution in [3.05, 3.63) is 83.4 Å². The van der Waals surface area contributed by atoms with Gasteiger partial charge in [-0.05, 0) is 32.6 Å². The maximum Gasteiger partial charge on any atom is 0.472 e. The molecule has 0 aliphatic carbocycles. The molecule has 0 radical (unpaired) electrons. The van der Waals surface area contributed by atoms with Gasteiger partial charge in [0.1, 0.15) is 78.5 Å². The summed E-state index contributed by atoms with van der Waals surface area (Å²) in [5, 5.41) is 10.7. The Labute approximate surface area is 561 Å². The van der Waals surface area contributed by atoms with E-state index in [0.29, 0.717) is 5.56 Å². The number of phosphoric ester groups is 2. The number of hydrogen-bond donors (Lipinski definition) is 9. The largest absolute Gasteiger partial charge is 0.472 e. The molecule has 18 atom stereocenters. The van der Waals surface area contributed by atoms with Crippen LogP contribution in [0.25, 0.3) is 11.2 Å². The van der Waals surface area contributed by atoms with Crippen molar-refractivity contribution in [1.29, 1.82) is 0 Å². The fourth-order valence-corrected chi connectivity index (χ4v) is 14.3. The Morgan fingerprint density at radius 1 is 0.541 bits per heavy atom. The summed E-state index contributed by atoms with van der Waals surface area (Å²) in [7, 11) is -5.53. The molecule has 4 aliphatic heterocycles. The van der Waals surface area contributed by atoms with Gasteiger partial charge in [-0.25, -0.2) is 28.5 Å². The van der Waals surface area contributed by atoms with Gasteiger partial charge in [0.05, 0.1) is 91.7 Å². The molecule has 0 bridgehead atoms. The normalized spacial score (nSPS) is 28.4. The lowest BCUT2D eigenvalue weighted by Crippen LogP contribution is -2.41. The summed E-state index contributed by atoms with van der Waals surface area (Å²) in [6, 6.07) is 0. The van der Waals surface area contributed by atoms with Crippen LogP contribution in [-0.2, 0) is 105 Å². The molecule has 0 amide bonds. The number of imidazole rings is 1. The van der Waals surface area contributed by atoms with Crippen molar-refractivity contribution < 1.29 is 113 Å². The average Bonchev–Trinajstić information content (AvgIpc) is 1.62. The summed E-state index contributed by atoms with van der Waals surface area (Å²) >= 11 is 5.56. The predicted octanol–water partition coefficient (Wildman–Crippen LogP) is -2.13. The first-order valence-corrected chi connectivity index (χ1v) is 35.6. The molecule has 9 rings (SSSR count). The lowest BCUT2D eigenvalue weighted by atomic mass is 10.1. The second-order valence-electron chi connectivity index (χ2n) is 22.4. The number of phosphoric acid groups is 2. The van der Waals surface area contributed by atoms with Crippen molar-refractivity contribution in [2.24, 2.45) is 0 Å². The fourth-order valence-electron chi connectivity index (χ4n) is 10.9. The minimum absolute atomic E-state index is 0.00985. The van der Waals surface area contributed by atoms with Crippen LogP contribution in [0.3, 0.4) is 0 Å². The third-order valence-corrected chi connectivity index (χ3v) is 19.2. The van der Waals surface area contributed by atoms with Gasteiger partial charge in [-0.1, -0.05) is 0 Å². The van der Waals surface area contributed by atoms with Crippen molar-refractivity contribution in [2.45, 2.75) is 119 Å². The van der Waals surface area contributed by atoms with E-state index in [4.69, 9.17) is 119 Å². The van der Waals surface area contributed by atoms with E-state index in [1.165, 1.54) is 71.8 Å². The Bertz CT molecular complexity index is 3950. The number of aromatic amines is 1. The highest BCUT2D eigenvalue weighted by Gasteiger charge is 2.56. The molecule has 42 nitrogen and oxygen atoms in total. The number of fused-ring (bicyclic) bond motifs is 1. The van der Waals surface area contributed by atoms with E-state index >= 15 is 0 Å². The summed E-state index contributed by atoms with van der Waals surface area (Å²) in [4.78, 5) is 111. The number of ether oxygens (including phenoxy) is 12. The molecule has 4 aliphatic rings. The van der Waals surface area contributed by atoms with Crippen LogP contribution in [0.4, 0.5) is 23.4 Å². The van der Waals surface area contributed by atoms with E-state index in [0.717, 1.165) is 13.7 Å². The highest BCUT2D eigenvalue weighted by atomic mass is 32.5. The van der Waals surface area contributed by atoms with Gasteiger partial charge in [0.15, 0.2) is 36.1 Å². The molecule has 0 spiro atoms. The molecule has 5 aromatic heterocycles. The number of rotatable bonds is 36. The molecule has 6 unspecified atom stereocenters. The van der Waals surface area contributed by atoms with Crippen molar-refractivity contribution in [3.8, 4) is 0 Å². The molecule has 4 fully saturated rings. The number of H-pyrrole nitrogens is 1. The zero-order chi connectivity index (χ0) is 71.0. The Morgan fingerprint density at radius 2 is 0.949 bits per heavy atom. The monoisotopic (exact) mass is 1470 g/mol. The third-order valence-electron chi connectivity index (χ3n) is 15.7. The standard InChI is InChI=1S/C52H79N14O28P3S/c1-25-17-63(50(69)58-40(25)53)45-29(81-12-8-77-4)16-28(88-45)21-85-95(72,73)92-35-31(90-46(38(35)83-14-10-79-6)64-18-26(2)41(54)59-51(64)70)22-86-96(74,75)93-36-32(91-47(39(36)84-15-11-80-7)65-19-27(3)42(55)60-52(65)71)23-87-97(76,98)94-34-30(20-67)89-48(37(34)82-13-9-78-5)66-24-57-33-43(66)61-49(56)62-44(33)68/h17-19,24,28-32,34-39,45-48,67H,8-16,20-23H2,1-7H3,(H,72,73)(H,74,75)(H,76,98)(H2,53,58,69)(H2,54,59,70)(H2,55,60,71)(H3,56,61,62,68)/t28-,29-,30+,31+,32+,34?,35?,36?,37-,38-,39-,45+,46+,47+,48+,97?/m0/s1. The van der Waals surface area contributed by atoms with E-state index in [1.54, 1.807) is 6.92 Å². The van der Waals surface area contributed by atoms with Gasteiger partial charge in [0.25, 0.3) is 5.56 Å². The van der Waals surface area contributed by atoms with E-state index in [1.807, 2.05) is 0 Å². The number of nitrogens with zero attached hydrogens (tertiary/aromatic N) is 9. The summed E-state index contributed by atoms with van der Waals surface area (Å²) in [5.41, 5.74) is 21.1. The van der Waals surface area contributed by atoms with Crippen LogP contribution in [0.1, 0.15) is 48.0 Å². The number of nitrogens with two attached hydrogens (primary N) is 4. The maximum absolute atomic E-state index is 14.8. The van der Waals surface area contributed by atoms with Crippen LogP contribution in [0.2, 0.25) is 0 Å². The minimum atomic E-state index is -5.68. The van der Waals surface area contributed by atoms with E-state index < -0.39 is 163 Å². The number of nitrogens with one attached hydrogen (secondary N) is 1. The Balaban J connectivity index is 0.999. The van der Waals surface area contributed by atoms with Crippen LogP contribution in [-0.4, -0.2) is 243 Å². The molecular weight excluding hydrogens is 1390 g/mol. The smallest absolute Gasteiger partial charge is 0.394 e. The van der Waals surface area contributed by atoms with Gasteiger partial charge >= 0.3 is 39.4 Å². The lowest BCUT2D eigenvalue weighted by Gasteiger charge is -2.29. The van der Waals surface area contributed by atoms with Gasteiger partial charge in [0.2, 0.25) is 5.95 Å². The number of nitrogen functional groups attached to an aromatic ring is 4. The van der Waals surface area contributed by atoms with Gasteiger partial charge in [0, 0.05) is 70.1 Å². The lowest BCUT2D eigenvalue weighted by molar-refractivity contribution is -0.0852. The first-order valence-electron chi connectivity index (χ1n) is 30.0. The first kappa shape index (κ1) is 76.6. The van der Waals surface area contributed by atoms with E-state index in [2.05, 4.69) is 29.9 Å². The second kappa shape index (κ2) is 33.5. The van der Waals surface area contributed by atoms with Crippen molar-refractivity contribution in [1.82, 2.24) is 48.2 Å². The molecule has 4 saturated heterocycles. The summed E-state index contributed by atoms with van der Waals surface area (Å²) in [5.74, 6) is -0.598. The molecule has 546 valence electrons. The van der Waals surface area contributed by atoms with Gasteiger partial charge in [-0.2, -0.15) is 19.9 Å². The third kappa shape index (κ3) is 18.4. The highest BCUT2D eigenvalue weighted by molar-refractivity contribution is 8.07. The van der Waals surface area contributed by atoms with E-state index in [9.17, 15) is 48.1 Å². The molecule has 0 saturated carbocycles.